The number of fused-ring (bicyclic) bond motifs is 1. The van der Waals surface area contributed by atoms with E-state index in [1.807, 2.05) is 0 Å². The monoisotopic (exact) mass is 493 g/mol. The van der Waals surface area contributed by atoms with Gasteiger partial charge in [-0.2, -0.15) is 0 Å². The number of nitrogens with one attached hydrogen (secondary N) is 2. The van der Waals surface area contributed by atoms with Crippen molar-refractivity contribution in [2.45, 2.75) is 27.2 Å². The Balaban J connectivity index is 0.000000945. The SMILES string of the molecule is CC(C)C.COc1cccc2cc(C(=O)NCC(=O)CN(CC3CCNC3=O)C(=O)CCl)oc12. The van der Waals surface area contributed by atoms with Crippen LogP contribution in [-0.4, -0.2) is 67.6 Å². The van der Waals surface area contributed by atoms with Crippen molar-refractivity contribution >= 4 is 46.1 Å². The van der Waals surface area contributed by atoms with Crippen LogP contribution in [0.4, 0.5) is 0 Å². The standard InChI is InChI=1S/C20H22ClN3O6.C4H10/c1-29-15-4-2-3-12-7-16(30-18(12)15)20(28)23-9-14(25)11-24(17(26)8-21)10-13-5-6-22-19(13)27;1-4(2)3/h2-4,7,13H,5-6,8-11H2,1H3,(H,22,27)(H,23,28);4H,1-3H3. The number of Topliss-reactive ketones (excluding diaryl/α,β-unsaturated/α-hetero) is 1. The number of hydrogen-bond acceptors (Lipinski definition) is 6. The fraction of sp³-hybridized carbons (Fsp3) is 0.500. The Morgan fingerprint density at radius 3 is 2.59 bits per heavy atom. The van der Waals surface area contributed by atoms with Crippen molar-refractivity contribution < 1.29 is 28.3 Å². The lowest BCUT2D eigenvalue weighted by Crippen LogP contribution is -2.44. The number of para-hydroxylation sites is 1. The molecule has 1 aliphatic heterocycles. The second kappa shape index (κ2) is 13.0. The minimum atomic E-state index is -0.563. The van der Waals surface area contributed by atoms with E-state index in [0.29, 0.717) is 29.7 Å². The summed E-state index contributed by atoms with van der Waals surface area (Å²) in [6, 6.07) is 6.82. The Morgan fingerprint density at radius 1 is 1.29 bits per heavy atom. The number of nitrogens with zero attached hydrogens (tertiary/aromatic N) is 1. The van der Waals surface area contributed by atoms with Crippen molar-refractivity contribution in [3.63, 3.8) is 0 Å². The van der Waals surface area contributed by atoms with Crippen LogP contribution in [0.2, 0.25) is 0 Å². The number of rotatable bonds is 9. The number of ether oxygens (including phenoxy) is 1. The van der Waals surface area contributed by atoms with Crippen LogP contribution < -0.4 is 15.4 Å². The van der Waals surface area contributed by atoms with Gasteiger partial charge in [-0.05, 0) is 24.5 Å². The zero-order valence-electron chi connectivity index (χ0n) is 20.0. The highest BCUT2D eigenvalue weighted by Crippen LogP contribution is 2.28. The number of benzene rings is 1. The van der Waals surface area contributed by atoms with Crippen molar-refractivity contribution in [2.75, 3.05) is 39.2 Å². The van der Waals surface area contributed by atoms with E-state index in [0.717, 1.165) is 5.92 Å². The van der Waals surface area contributed by atoms with Gasteiger partial charge in [0.05, 0.1) is 26.1 Å². The molecule has 2 N–H and O–H groups in total. The molecule has 10 heteroatoms. The molecule has 0 spiro atoms. The van der Waals surface area contributed by atoms with E-state index in [4.69, 9.17) is 20.8 Å². The molecule has 186 valence electrons. The smallest absolute Gasteiger partial charge is 0.287 e. The summed E-state index contributed by atoms with van der Waals surface area (Å²) in [6.45, 7) is 6.61. The van der Waals surface area contributed by atoms with Gasteiger partial charge in [-0.1, -0.05) is 32.9 Å². The summed E-state index contributed by atoms with van der Waals surface area (Å²) in [5.74, 6) is -0.850. The molecular formula is C24H32ClN3O6. The first-order valence-corrected chi connectivity index (χ1v) is 11.7. The number of halogens is 1. The fourth-order valence-corrected chi connectivity index (χ4v) is 3.44. The third kappa shape index (κ3) is 7.76. The quantitative estimate of drug-likeness (QED) is 0.518. The maximum Gasteiger partial charge on any atom is 0.287 e. The summed E-state index contributed by atoms with van der Waals surface area (Å²) in [4.78, 5) is 49.8. The van der Waals surface area contributed by atoms with E-state index < -0.39 is 17.6 Å². The molecule has 1 unspecified atom stereocenters. The van der Waals surface area contributed by atoms with E-state index in [9.17, 15) is 19.2 Å². The summed E-state index contributed by atoms with van der Waals surface area (Å²) in [5, 5.41) is 5.87. The molecule has 9 nitrogen and oxygen atoms in total. The van der Waals surface area contributed by atoms with Crippen LogP contribution >= 0.6 is 11.6 Å². The molecule has 0 aliphatic carbocycles. The summed E-state index contributed by atoms with van der Waals surface area (Å²) in [7, 11) is 1.50. The first kappa shape index (κ1) is 27.2. The summed E-state index contributed by atoms with van der Waals surface area (Å²) < 4.78 is 10.7. The van der Waals surface area contributed by atoms with Gasteiger partial charge in [0, 0.05) is 18.5 Å². The molecule has 1 aliphatic rings. The van der Waals surface area contributed by atoms with Crippen molar-refractivity contribution in [1.82, 2.24) is 15.5 Å². The first-order valence-electron chi connectivity index (χ1n) is 11.1. The number of carbonyl (C=O) groups excluding carboxylic acids is 4. The third-order valence-electron chi connectivity index (χ3n) is 4.84. The molecule has 3 rings (SSSR count). The minimum absolute atomic E-state index is 0.0404. The van der Waals surface area contributed by atoms with Crippen molar-refractivity contribution in [3.8, 4) is 5.75 Å². The molecule has 0 saturated carbocycles. The minimum Gasteiger partial charge on any atom is -0.493 e. The zero-order valence-corrected chi connectivity index (χ0v) is 20.7. The number of amides is 3. The van der Waals surface area contributed by atoms with Crippen LogP contribution in [0.3, 0.4) is 0 Å². The second-order valence-corrected chi connectivity index (χ2v) is 8.89. The second-order valence-electron chi connectivity index (χ2n) is 8.63. The first-order chi connectivity index (χ1) is 16.2. The van der Waals surface area contributed by atoms with Gasteiger partial charge < -0.3 is 24.7 Å². The molecule has 2 aromatic rings. The van der Waals surface area contributed by atoms with Crippen LogP contribution in [0.1, 0.15) is 37.7 Å². The number of furan rings is 1. The molecule has 1 saturated heterocycles. The van der Waals surface area contributed by atoms with Gasteiger partial charge in [0.25, 0.3) is 5.91 Å². The average molecular weight is 494 g/mol. The van der Waals surface area contributed by atoms with Gasteiger partial charge in [0.2, 0.25) is 11.8 Å². The maximum absolute atomic E-state index is 12.4. The van der Waals surface area contributed by atoms with Gasteiger partial charge in [-0.25, -0.2) is 0 Å². The van der Waals surface area contributed by atoms with Crippen LogP contribution in [0.5, 0.6) is 5.75 Å². The molecule has 34 heavy (non-hydrogen) atoms. The van der Waals surface area contributed by atoms with Gasteiger partial charge in [-0.3, -0.25) is 19.2 Å². The van der Waals surface area contributed by atoms with Crippen LogP contribution in [0.15, 0.2) is 28.7 Å². The predicted molar refractivity (Wildman–Crippen MR) is 129 cm³/mol. The fourth-order valence-electron chi connectivity index (χ4n) is 3.27. The number of hydrogen-bond donors (Lipinski definition) is 2. The van der Waals surface area contributed by atoms with E-state index in [1.54, 1.807) is 24.3 Å². The highest BCUT2D eigenvalue weighted by atomic mass is 35.5. The van der Waals surface area contributed by atoms with E-state index in [2.05, 4.69) is 31.4 Å². The van der Waals surface area contributed by atoms with E-state index in [-0.39, 0.29) is 43.1 Å². The molecule has 3 amide bonds. The zero-order chi connectivity index (χ0) is 25.3. The van der Waals surface area contributed by atoms with Gasteiger partial charge >= 0.3 is 0 Å². The van der Waals surface area contributed by atoms with Crippen molar-refractivity contribution in [2.24, 2.45) is 11.8 Å². The Morgan fingerprint density at radius 2 is 2.00 bits per heavy atom. The Kier molecular flexibility index (Phi) is 10.4. The lowest BCUT2D eigenvalue weighted by molar-refractivity contribution is -0.134. The molecule has 1 aromatic carbocycles. The van der Waals surface area contributed by atoms with Crippen molar-refractivity contribution in [1.29, 1.82) is 0 Å². The van der Waals surface area contributed by atoms with Crippen LogP contribution in [-0.2, 0) is 14.4 Å². The lowest BCUT2D eigenvalue weighted by Gasteiger charge is -2.23. The van der Waals surface area contributed by atoms with Gasteiger partial charge in [0.1, 0.15) is 5.88 Å². The highest BCUT2D eigenvalue weighted by Gasteiger charge is 2.29. The molecule has 1 atom stereocenters. The van der Waals surface area contributed by atoms with Gasteiger partial charge in [-0.15, -0.1) is 11.6 Å². The Bertz CT molecular complexity index is 1020. The van der Waals surface area contributed by atoms with Gasteiger partial charge in [0.15, 0.2) is 22.9 Å². The van der Waals surface area contributed by atoms with Crippen LogP contribution in [0.25, 0.3) is 11.0 Å². The number of alkyl halides is 1. The Hall–Kier alpha value is -3.07. The summed E-state index contributed by atoms with van der Waals surface area (Å²) >= 11 is 5.63. The molecule has 1 fully saturated rings. The third-order valence-corrected chi connectivity index (χ3v) is 5.06. The topological polar surface area (TPSA) is 118 Å². The highest BCUT2D eigenvalue weighted by molar-refractivity contribution is 6.27. The number of ketones is 1. The maximum atomic E-state index is 12.4. The predicted octanol–water partition coefficient (Wildman–Crippen LogP) is 2.61. The lowest BCUT2D eigenvalue weighted by atomic mass is 10.1. The van der Waals surface area contributed by atoms with E-state index in [1.165, 1.54) is 12.0 Å². The largest absolute Gasteiger partial charge is 0.493 e. The normalized spacial score (nSPS) is 14.9. The van der Waals surface area contributed by atoms with Crippen LogP contribution in [0, 0.1) is 11.8 Å². The number of methoxy groups -OCH3 is 1. The summed E-state index contributed by atoms with van der Waals surface area (Å²) in [6.07, 6.45) is 0.589. The summed E-state index contributed by atoms with van der Waals surface area (Å²) in [5.41, 5.74) is 0.435. The average Bonchev–Trinajstić information content (AvgIpc) is 3.42. The Labute approximate surface area is 204 Å². The molecule has 1 aromatic heterocycles. The molecule has 2 heterocycles. The molecule has 0 radical (unpaired) electrons. The molecular weight excluding hydrogens is 462 g/mol. The number of carbonyl (C=O) groups is 4. The van der Waals surface area contributed by atoms with E-state index >= 15 is 0 Å². The molecule has 0 bridgehead atoms. The van der Waals surface area contributed by atoms with Crippen molar-refractivity contribution in [3.05, 3.63) is 30.0 Å².